The van der Waals surface area contributed by atoms with Crippen LogP contribution in [0.25, 0.3) is 0 Å². The summed E-state index contributed by atoms with van der Waals surface area (Å²) in [7, 11) is 0. The molecule has 0 spiro atoms. The highest BCUT2D eigenvalue weighted by Crippen LogP contribution is 2.13. The molecular weight excluding hydrogens is 188 g/mol. The topological polar surface area (TPSA) is 66.6 Å². The van der Waals surface area contributed by atoms with Gasteiger partial charge in [-0.1, -0.05) is 0 Å². The molecule has 13 heavy (non-hydrogen) atoms. The Bertz CT molecular complexity index is 222. The van der Waals surface area contributed by atoms with Gasteiger partial charge in [-0.05, 0) is 12.8 Å². The van der Waals surface area contributed by atoms with E-state index in [1.807, 2.05) is 0 Å². The molecule has 3 N–H and O–H groups in total. The Hall–Kier alpha value is -0.680. The van der Waals surface area contributed by atoms with Gasteiger partial charge in [-0.2, -0.15) is 0 Å². The number of carbonyl (C=O) groups is 1. The molecule has 0 aromatic rings. The first-order chi connectivity index (χ1) is 6.15. The summed E-state index contributed by atoms with van der Waals surface area (Å²) in [6.07, 6.45) is 2.19. The Morgan fingerprint density at radius 2 is 2.08 bits per heavy atom. The molecular formula is C8H14N2O2S. The average Bonchev–Trinajstić information content (AvgIpc) is 2.17. The van der Waals surface area contributed by atoms with E-state index in [0.29, 0.717) is 25.9 Å². The highest BCUT2D eigenvalue weighted by molar-refractivity contribution is 7.85. The number of piperidine rings is 1. The van der Waals surface area contributed by atoms with Crippen molar-refractivity contribution in [2.75, 3.05) is 13.1 Å². The van der Waals surface area contributed by atoms with Crippen molar-refractivity contribution in [2.24, 2.45) is 5.73 Å². The molecule has 0 unspecified atom stereocenters. The predicted octanol–water partition coefficient (Wildman–Crippen LogP) is -0.300. The van der Waals surface area contributed by atoms with Gasteiger partial charge in [-0.15, -0.1) is 12.6 Å². The second-order valence-electron chi connectivity index (χ2n) is 3.08. The van der Waals surface area contributed by atoms with Crippen LogP contribution in [0.1, 0.15) is 12.8 Å². The number of carbonyl (C=O) groups excluding carboxylic acids is 1. The van der Waals surface area contributed by atoms with Crippen molar-refractivity contribution < 1.29 is 9.90 Å². The number of amides is 1. The lowest BCUT2D eigenvalue weighted by Crippen LogP contribution is -2.40. The summed E-state index contributed by atoms with van der Waals surface area (Å²) in [5.41, 5.74) is 5.17. The van der Waals surface area contributed by atoms with E-state index in [0.717, 1.165) is 0 Å². The maximum atomic E-state index is 11.5. The molecule has 1 fully saturated rings. The van der Waals surface area contributed by atoms with Crippen LogP contribution < -0.4 is 5.73 Å². The van der Waals surface area contributed by atoms with Gasteiger partial charge in [0.05, 0.1) is 11.0 Å². The molecule has 0 radical (unpaired) electrons. The van der Waals surface area contributed by atoms with Crippen LogP contribution in [0.15, 0.2) is 11.1 Å². The molecule has 0 aromatic carbocycles. The van der Waals surface area contributed by atoms with E-state index in [9.17, 15) is 9.90 Å². The van der Waals surface area contributed by atoms with Crippen LogP contribution in [0.4, 0.5) is 0 Å². The number of likely N-dealkylation sites (tertiary alicyclic amines) is 1. The predicted molar refractivity (Wildman–Crippen MR) is 53.1 cm³/mol. The van der Waals surface area contributed by atoms with E-state index < -0.39 is 0 Å². The van der Waals surface area contributed by atoms with E-state index >= 15 is 0 Å². The molecule has 0 bridgehead atoms. The monoisotopic (exact) mass is 202 g/mol. The maximum absolute atomic E-state index is 11.5. The van der Waals surface area contributed by atoms with Gasteiger partial charge in [-0.3, -0.25) is 4.79 Å². The second kappa shape index (κ2) is 4.53. The van der Waals surface area contributed by atoms with Crippen LogP contribution in [0.3, 0.4) is 0 Å². The number of rotatable bonds is 1. The van der Waals surface area contributed by atoms with Gasteiger partial charge in [0.25, 0.3) is 5.91 Å². The minimum atomic E-state index is -0.269. The number of hydrogen-bond donors (Lipinski definition) is 3. The summed E-state index contributed by atoms with van der Waals surface area (Å²) in [6, 6.07) is 0. The van der Waals surface area contributed by atoms with Crippen LogP contribution in [0.2, 0.25) is 0 Å². The summed E-state index contributed by atoms with van der Waals surface area (Å²) >= 11 is 3.94. The van der Waals surface area contributed by atoms with E-state index in [1.165, 1.54) is 6.20 Å². The third-order valence-electron chi connectivity index (χ3n) is 2.13. The maximum Gasteiger partial charge on any atom is 0.261 e. The lowest BCUT2D eigenvalue weighted by molar-refractivity contribution is -0.128. The number of nitrogens with two attached hydrogens (primary N) is 1. The fourth-order valence-electron chi connectivity index (χ4n) is 1.30. The molecule has 4 nitrogen and oxygen atoms in total. The van der Waals surface area contributed by atoms with Crippen molar-refractivity contribution in [3.8, 4) is 0 Å². The first-order valence-electron chi connectivity index (χ1n) is 4.23. The van der Waals surface area contributed by atoms with E-state index in [2.05, 4.69) is 12.6 Å². The van der Waals surface area contributed by atoms with Gasteiger partial charge in [0.15, 0.2) is 0 Å². The normalized spacial score (nSPS) is 20.5. The van der Waals surface area contributed by atoms with E-state index in [-0.39, 0.29) is 16.9 Å². The molecule has 1 rings (SSSR count). The molecule has 0 atom stereocenters. The van der Waals surface area contributed by atoms with Gasteiger partial charge in [0, 0.05) is 19.3 Å². The highest BCUT2D eigenvalue weighted by Gasteiger charge is 2.21. The number of hydrogen-bond acceptors (Lipinski definition) is 4. The van der Waals surface area contributed by atoms with Gasteiger partial charge in [0.1, 0.15) is 0 Å². The fourth-order valence-corrected chi connectivity index (χ4v) is 1.44. The summed E-state index contributed by atoms with van der Waals surface area (Å²) in [5, 5.41) is 9.21. The van der Waals surface area contributed by atoms with Crippen LogP contribution in [0.5, 0.6) is 0 Å². The number of nitrogens with zero attached hydrogens (tertiary/aromatic N) is 1. The van der Waals surface area contributed by atoms with Crippen molar-refractivity contribution in [1.82, 2.24) is 4.90 Å². The highest BCUT2D eigenvalue weighted by atomic mass is 32.1. The summed E-state index contributed by atoms with van der Waals surface area (Å²) in [6.45, 7) is 1.16. The van der Waals surface area contributed by atoms with Crippen LogP contribution in [-0.2, 0) is 4.79 Å². The van der Waals surface area contributed by atoms with Crippen molar-refractivity contribution in [1.29, 1.82) is 0 Å². The molecule has 1 saturated heterocycles. The van der Waals surface area contributed by atoms with Crippen molar-refractivity contribution in [2.45, 2.75) is 18.9 Å². The Kier molecular flexibility index (Phi) is 3.62. The largest absolute Gasteiger partial charge is 0.404 e. The molecule has 0 saturated carbocycles. The Labute approximate surface area is 82.8 Å². The zero-order chi connectivity index (χ0) is 9.84. The summed E-state index contributed by atoms with van der Waals surface area (Å²) < 4.78 is 0. The minimum Gasteiger partial charge on any atom is -0.404 e. The third-order valence-corrected chi connectivity index (χ3v) is 2.47. The third kappa shape index (κ3) is 2.63. The SMILES string of the molecule is N/C=C(\S)C(=O)N1CCC(O)CC1. The van der Waals surface area contributed by atoms with E-state index in [1.54, 1.807) is 4.90 Å². The molecule has 1 amide bonds. The molecule has 1 heterocycles. The first kappa shape index (κ1) is 10.4. The first-order valence-corrected chi connectivity index (χ1v) is 4.68. The van der Waals surface area contributed by atoms with Crippen molar-refractivity contribution in [3.63, 3.8) is 0 Å². The number of aliphatic hydroxyl groups is 1. The van der Waals surface area contributed by atoms with Gasteiger partial charge < -0.3 is 15.7 Å². The van der Waals surface area contributed by atoms with Crippen LogP contribution in [-0.4, -0.2) is 35.1 Å². The Morgan fingerprint density at radius 1 is 1.54 bits per heavy atom. The number of thiol groups is 1. The smallest absolute Gasteiger partial charge is 0.261 e. The van der Waals surface area contributed by atoms with Crippen molar-refractivity contribution in [3.05, 3.63) is 11.1 Å². The Balaban J connectivity index is 2.50. The zero-order valence-corrected chi connectivity index (χ0v) is 8.20. The zero-order valence-electron chi connectivity index (χ0n) is 7.31. The average molecular weight is 202 g/mol. The molecule has 0 aliphatic carbocycles. The van der Waals surface area contributed by atoms with Gasteiger partial charge in [0.2, 0.25) is 0 Å². The molecule has 74 valence electrons. The second-order valence-corrected chi connectivity index (χ2v) is 3.56. The number of aliphatic hydroxyl groups excluding tert-OH is 1. The molecule has 1 aliphatic heterocycles. The summed E-state index contributed by atoms with van der Waals surface area (Å²) in [4.78, 5) is 13.4. The standard InChI is InChI=1S/C8H14N2O2S/c9-5-7(13)8(12)10-3-1-6(11)2-4-10/h5-6,11,13H,1-4,9H2/b7-5-. The molecule has 0 aromatic heterocycles. The quantitative estimate of drug-likeness (QED) is 0.404. The molecule has 5 heteroatoms. The van der Waals surface area contributed by atoms with Crippen LogP contribution in [0, 0.1) is 0 Å². The summed E-state index contributed by atoms with van der Waals surface area (Å²) in [5.74, 6) is -0.155. The minimum absolute atomic E-state index is 0.155. The fraction of sp³-hybridized carbons (Fsp3) is 0.625. The lowest BCUT2D eigenvalue weighted by atomic mass is 10.1. The van der Waals surface area contributed by atoms with Gasteiger partial charge >= 0.3 is 0 Å². The Morgan fingerprint density at radius 3 is 2.54 bits per heavy atom. The van der Waals surface area contributed by atoms with Crippen molar-refractivity contribution >= 4 is 18.5 Å². The van der Waals surface area contributed by atoms with Crippen LogP contribution >= 0.6 is 12.6 Å². The van der Waals surface area contributed by atoms with Gasteiger partial charge in [-0.25, -0.2) is 0 Å². The van der Waals surface area contributed by atoms with E-state index in [4.69, 9.17) is 5.73 Å². The molecule has 1 aliphatic rings. The lowest BCUT2D eigenvalue weighted by Gasteiger charge is -2.29.